The molecule has 1 aliphatic carbocycles. The van der Waals surface area contributed by atoms with Crippen molar-refractivity contribution in [1.82, 2.24) is 0 Å². The fourth-order valence-corrected chi connectivity index (χ4v) is 2.86. The van der Waals surface area contributed by atoms with Crippen LogP contribution in [0, 0.1) is 28.7 Å². The molecular weight excluding hydrogens is 296 g/mol. The number of rotatable bonds is 1. The second-order valence-electron chi connectivity index (χ2n) is 4.64. The Kier molecular flexibility index (Phi) is 14.5. The molecule has 0 aromatic heterocycles. The third kappa shape index (κ3) is 5.51. The van der Waals surface area contributed by atoms with Crippen molar-refractivity contribution in [2.24, 2.45) is 0 Å². The molecule has 0 unspecified atom stereocenters. The topological polar surface area (TPSA) is 0 Å². The second kappa shape index (κ2) is 11.1. The molecule has 0 N–H and O–H groups in total. The van der Waals surface area contributed by atoms with Gasteiger partial charge in [-0.05, 0) is 49.3 Å². The van der Waals surface area contributed by atoms with Gasteiger partial charge >= 0.3 is 0 Å². The quantitative estimate of drug-likeness (QED) is 0.620. The van der Waals surface area contributed by atoms with Crippen molar-refractivity contribution in [3.8, 4) is 0 Å². The van der Waals surface area contributed by atoms with Crippen LogP contribution in [-0.4, -0.2) is 0 Å². The summed E-state index contributed by atoms with van der Waals surface area (Å²) in [6.07, 6.45) is 7.12. The van der Waals surface area contributed by atoms with Gasteiger partial charge in [-0.1, -0.05) is 37.5 Å². The maximum atomic E-state index is 2.26. The molecular formula is C16H26Cr2-2. The van der Waals surface area contributed by atoms with E-state index in [9.17, 15) is 0 Å². The van der Waals surface area contributed by atoms with Gasteiger partial charge in [0.25, 0.3) is 0 Å². The van der Waals surface area contributed by atoms with Crippen molar-refractivity contribution in [2.45, 2.75) is 51.9 Å². The van der Waals surface area contributed by atoms with Crippen LogP contribution < -0.4 is 0 Å². The van der Waals surface area contributed by atoms with Crippen LogP contribution in [0.1, 0.15) is 54.7 Å². The minimum atomic E-state index is 0. The van der Waals surface area contributed by atoms with Gasteiger partial charge in [0.05, 0.1) is 0 Å². The maximum Gasteiger partial charge on any atom is 0 e. The molecule has 0 aliphatic heterocycles. The third-order valence-electron chi connectivity index (χ3n) is 3.56. The van der Waals surface area contributed by atoms with E-state index in [0.29, 0.717) is 0 Å². The summed E-state index contributed by atoms with van der Waals surface area (Å²) in [6, 6.07) is 6.70. The van der Waals surface area contributed by atoms with Gasteiger partial charge in [-0.3, -0.25) is 0 Å². The summed E-state index contributed by atoms with van der Waals surface area (Å²) >= 11 is 0. The SMILES string of the molecule is Cc1cccc(C)c1C1CCCCC1.[CH3-].[CH3-].[Cr].[Cr]. The first-order chi connectivity index (χ1) is 6.79. The molecule has 0 radical (unpaired) electrons. The molecule has 0 spiro atoms. The van der Waals surface area contributed by atoms with E-state index in [1.807, 2.05) is 0 Å². The third-order valence-corrected chi connectivity index (χ3v) is 3.56. The van der Waals surface area contributed by atoms with Gasteiger partial charge in [-0.25, -0.2) is 0 Å². The summed E-state index contributed by atoms with van der Waals surface area (Å²) in [7, 11) is 0. The molecule has 2 rings (SSSR count). The first kappa shape index (κ1) is 23.4. The van der Waals surface area contributed by atoms with Crippen LogP contribution in [-0.2, 0) is 34.7 Å². The molecule has 0 atom stereocenters. The van der Waals surface area contributed by atoms with Crippen molar-refractivity contribution in [3.05, 3.63) is 49.7 Å². The number of aryl methyl sites for hydroxylation is 2. The molecule has 1 aliphatic rings. The van der Waals surface area contributed by atoms with Crippen molar-refractivity contribution in [3.63, 3.8) is 0 Å². The predicted molar refractivity (Wildman–Crippen MR) is 74.6 cm³/mol. The van der Waals surface area contributed by atoms with Gasteiger partial charge in [0.15, 0.2) is 0 Å². The molecule has 18 heavy (non-hydrogen) atoms. The maximum absolute atomic E-state index is 2.26. The van der Waals surface area contributed by atoms with E-state index in [2.05, 4.69) is 32.0 Å². The molecule has 1 aromatic carbocycles. The van der Waals surface area contributed by atoms with Crippen LogP contribution in [0.2, 0.25) is 0 Å². The molecule has 104 valence electrons. The smallest absolute Gasteiger partial charge is 0 e. The van der Waals surface area contributed by atoms with Crippen LogP contribution >= 0.6 is 0 Å². The largest absolute Gasteiger partial charge is 0.358 e. The van der Waals surface area contributed by atoms with Crippen molar-refractivity contribution in [2.75, 3.05) is 0 Å². The van der Waals surface area contributed by atoms with Crippen molar-refractivity contribution >= 4 is 0 Å². The summed E-state index contributed by atoms with van der Waals surface area (Å²) in [6.45, 7) is 4.52. The zero-order valence-electron chi connectivity index (χ0n) is 12.2. The van der Waals surface area contributed by atoms with E-state index >= 15 is 0 Å². The van der Waals surface area contributed by atoms with Crippen LogP contribution in [0.15, 0.2) is 18.2 Å². The number of hydrogen-bond donors (Lipinski definition) is 0. The van der Waals surface area contributed by atoms with Gasteiger partial charge < -0.3 is 14.9 Å². The molecule has 0 amide bonds. The minimum absolute atomic E-state index is 0. The molecule has 0 saturated heterocycles. The Bertz CT molecular complexity index is 295. The minimum Gasteiger partial charge on any atom is -0.358 e. The zero-order valence-corrected chi connectivity index (χ0v) is 14.7. The molecule has 0 heterocycles. The first-order valence-electron chi connectivity index (χ1n) is 5.85. The second-order valence-corrected chi connectivity index (χ2v) is 4.64. The molecule has 1 fully saturated rings. The Hall–Kier alpha value is 0.285. The summed E-state index contributed by atoms with van der Waals surface area (Å²) in [4.78, 5) is 0. The van der Waals surface area contributed by atoms with Gasteiger partial charge in [0.1, 0.15) is 0 Å². The Labute approximate surface area is 136 Å². The summed E-state index contributed by atoms with van der Waals surface area (Å²) in [5.41, 5.74) is 4.64. The van der Waals surface area contributed by atoms with Crippen LogP contribution in [0.5, 0.6) is 0 Å². The van der Waals surface area contributed by atoms with E-state index in [0.717, 1.165) is 5.92 Å². The van der Waals surface area contributed by atoms with Gasteiger partial charge in [0.2, 0.25) is 0 Å². The molecule has 2 heteroatoms. The molecule has 0 nitrogen and oxygen atoms in total. The fourth-order valence-electron chi connectivity index (χ4n) is 2.86. The van der Waals surface area contributed by atoms with Crippen molar-refractivity contribution < 1.29 is 34.7 Å². The van der Waals surface area contributed by atoms with Crippen LogP contribution in [0.3, 0.4) is 0 Å². The van der Waals surface area contributed by atoms with E-state index in [1.165, 1.54) is 43.2 Å². The normalized spacial score (nSPS) is 14.3. The summed E-state index contributed by atoms with van der Waals surface area (Å²) < 4.78 is 0. The Morgan fingerprint density at radius 1 is 0.833 bits per heavy atom. The number of benzene rings is 1. The monoisotopic (exact) mass is 322 g/mol. The van der Waals surface area contributed by atoms with E-state index in [4.69, 9.17) is 0 Å². The fraction of sp³-hybridized carbons (Fsp3) is 0.500. The molecule has 1 aromatic rings. The first-order valence-corrected chi connectivity index (χ1v) is 5.85. The number of hydrogen-bond acceptors (Lipinski definition) is 0. The van der Waals surface area contributed by atoms with E-state index in [1.54, 1.807) is 5.56 Å². The van der Waals surface area contributed by atoms with Gasteiger partial charge in [-0.15, -0.1) is 0 Å². The van der Waals surface area contributed by atoms with Gasteiger partial charge in [0, 0.05) is 34.7 Å². The zero-order chi connectivity index (χ0) is 9.97. The Balaban J connectivity index is -0.000000562. The van der Waals surface area contributed by atoms with Gasteiger partial charge in [-0.2, -0.15) is 0 Å². The van der Waals surface area contributed by atoms with E-state index < -0.39 is 0 Å². The standard InChI is InChI=1S/C14H20.2CH3.2Cr/c1-11-7-6-8-12(2)14(11)13-9-4-3-5-10-13;;;;/h6-8,13H,3-5,9-10H2,1-2H3;2*1H3;;/q;2*-1;;. The van der Waals surface area contributed by atoms with Crippen LogP contribution in [0.25, 0.3) is 0 Å². The summed E-state index contributed by atoms with van der Waals surface area (Å²) in [5, 5.41) is 0. The van der Waals surface area contributed by atoms with Crippen LogP contribution in [0.4, 0.5) is 0 Å². The molecule has 1 saturated carbocycles. The molecule has 0 bridgehead atoms. The average Bonchev–Trinajstić information content (AvgIpc) is 2.19. The predicted octanol–water partition coefficient (Wildman–Crippen LogP) is 5.25. The average molecular weight is 322 g/mol. The van der Waals surface area contributed by atoms with E-state index in [-0.39, 0.29) is 49.6 Å². The Morgan fingerprint density at radius 2 is 1.28 bits per heavy atom. The summed E-state index contributed by atoms with van der Waals surface area (Å²) in [5.74, 6) is 0.852. The Morgan fingerprint density at radius 3 is 1.72 bits per heavy atom. The van der Waals surface area contributed by atoms with Crippen molar-refractivity contribution in [1.29, 1.82) is 0 Å².